The van der Waals surface area contributed by atoms with Crippen molar-refractivity contribution in [3.63, 3.8) is 0 Å². The van der Waals surface area contributed by atoms with Crippen LogP contribution in [0.25, 0.3) is 10.8 Å². The number of amidine groups is 1. The molecule has 282 valence electrons. The zero-order valence-corrected chi connectivity index (χ0v) is 30.6. The second-order valence-electron chi connectivity index (χ2n) is 15.9. The van der Waals surface area contributed by atoms with E-state index in [2.05, 4.69) is 15.6 Å². The molecule has 0 spiro atoms. The number of benzene rings is 3. The van der Waals surface area contributed by atoms with Gasteiger partial charge < -0.3 is 25.4 Å². The summed E-state index contributed by atoms with van der Waals surface area (Å²) in [6.07, 6.45) is 4.67. The molecule has 9 rings (SSSR count). The number of methoxy groups -OCH3 is 1. The first-order valence-corrected chi connectivity index (χ1v) is 18.9. The van der Waals surface area contributed by atoms with E-state index in [4.69, 9.17) is 4.74 Å². The van der Waals surface area contributed by atoms with Crippen LogP contribution >= 0.6 is 0 Å². The minimum atomic E-state index is -1.46. The van der Waals surface area contributed by atoms with Crippen molar-refractivity contribution in [1.29, 1.82) is 0 Å². The van der Waals surface area contributed by atoms with Gasteiger partial charge in [-0.3, -0.25) is 24.4 Å². The first kappa shape index (κ1) is 35.6. The fourth-order valence-electron chi connectivity index (χ4n) is 10.3. The van der Waals surface area contributed by atoms with E-state index in [1.165, 1.54) is 16.9 Å². The lowest BCUT2D eigenvalue weighted by molar-refractivity contribution is -0.151. The first-order chi connectivity index (χ1) is 26.0. The maximum Gasteiger partial charge on any atom is 0.410 e. The largest absolute Gasteiger partial charge is 0.480 e. The molecule has 13 nitrogen and oxygen atoms in total. The second-order valence-corrected chi connectivity index (χ2v) is 15.9. The van der Waals surface area contributed by atoms with E-state index >= 15 is 0 Å². The lowest BCUT2D eigenvalue weighted by Gasteiger charge is -2.60. The molecule has 1 unspecified atom stereocenters. The molecule has 2 atom stereocenters. The summed E-state index contributed by atoms with van der Waals surface area (Å²) in [5.41, 5.74) is 0.123. The number of hydrogen-bond acceptors (Lipinski definition) is 8. The molecule has 3 N–H and O–H groups in total. The normalized spacial score (nSPS) is 27.5. The molecule has 5 fully saturated rings. The zero-order valence-electron chi connectivity index (χ0n) is 30.6. The summed E-state index contributed by atoms with van der Waals surface area (Å²) in [6, 6.07) is 19.1. The fraction of sp³-hybridized carbons (Fsp3) is 0.463. The highest BCUT2D eigenvalue weighted by Crippen LogP contribution is 2.58. The quantitative estimate of drug-likeness (QED) is 0.243. The number of nitrogens with one attached hydrogen (secondary N) is 2. The summed E-state index contributed by atoms with van der Waals surface area (Å²) in [4.78, 5) is 76.8. The van der Waals surface area contributed by atoms with E-state index in [0.29, 0.717) is 49.1 Å². The molecule has 2 heterocycles. The van der Waals surface area contributed by atoms with Crippen LogP contribution in [0.4, 0.5) is 9.59 Å². The number of carbonyl (C=O) groups is 5. The Kier molecular flexibility index (Phi) is 9.06. The highest BCUT2D eigenvalue weighted by molar-refractivity contribution is 6.09. The van der Waals surface area contributed by atoms with Crippen molar-refractivity contribution in [3.8, 4) is 0 Å². The Morgan fingerprint density at radius 2 is 1.65 bits per heavy atom. The average molecular weight is 735 g/mol. The number of carbonyl (C=O) groups excluding carboxylic acids is 4. The molecule has 5 amide bonds. The summed E-state index contributed by atoms with van der Waals surface area (Å²) in [6.45, 7) is 2.18. The molecule has 13 heteroatoms. The Morgan fingerprint density at radius 3 is 2.26 bits per heavy atom. The van der Waals surface area contributed by atoms with Crippen LogP contribution < -0.4 is 10.6 Å². The molecule has 4 aliphatic carbocycles. The van der Waals surface area contributed by atoms with Crippen molar-refractivity contribution in [2.24, 2.45) is 22.7 Å². The summed E-state index contributed by atoms with van der Waals surface area (Å²) in [5, 5.41) is 18.4. The number of nitrogens with zero attached hydrogens (tertiary/aromatic N) is 4. The minimum absolute atomic E-state index is 0.0975. The molecule has 0 aromatic heterocycles. The number of ether oxygens (including phenoxy) is 1. The van der Waals surface area contributed by atoms with Crippen molar-refractivity contribution >= 4 is 46.5 Å². The molecule has 0 radical (unpaired) electrons. The molecule has 3 aromatic rings. The van der Waals surface area contributed by atoms with E-state index in [1.807, 2.05) is 66.7 Å². The third-order valence-electron chi connectivity index (χ3n) is 12.5. The second kappa shape index (κ2) is 13.7. The number of urea groups is 1. The summed E-state index contributed by atoms with van der Waals surface area (Å²) in [7, 11) is 1.24. The van der Waals surface area contributed by atoms with E-state index in [9.17, 15) is 29.1 Å². The molecule has 54 heavy (non-hydrogen) atoms. The van der Waals surface area contributed by atoms with E-state index in [-0.39, 0.29) is 6.54 Å². The topological polar surface area (TPSA) is 161 Å². The molecular weight excluding hydrogens is 688 g/mol. The number of aliphatic carboxylic acids is 1. The Balaban J connectivity index is 1.04. The SMILES string of the molecule is COC(=O)N([C@@H](CNC(=O)CN1C(=O)N(Cc2ccc3ccccc3c2)C(C)(c2ccc(C3=NCCN3)cc2)C1=O)C(=O)O)C12CC3CC(CC(C3)C1)C2. The summed E-state index contributed by atoms with van der Waals surface area (Å²) >= 11 is 0. The van der Waals surface area contributed by atoms with Crippen molar-refractivity contribution in [1.82, 2.24) is 25.3 Å². The number of imide groups is 1. The number of carboxylic acid groups (broad SMARTS) is 1. The molecule has 1 saturated heterocycles. The summed E-state index contributed by atoms with van der Waals surface area (Å²) in [5.74, 6) is -0.509. The molecule has 4 saturated carbocycles. The van der Waals surface area contributed by atoms with Crippen LogP contribution in [0.3, 0.4) is 0 Å². The van der Waals surface area contributed by atoms with Gasteiger partial charge in [0.15, 0.2) is 6.04 Å². The number of rotatable bonds is 11. The smallest absolute Gasteiger partial charge is 0.410 e. The van der Waals surface area contributed by atoms with Gasteiger partial charge >= 0.3 is 18.1 Å². The van der Waals surface area contributed by atoms with Crippen molar-refractivity contribution in [2.75, 3.05) is 33.3 Å². The van der Waals surface area contributed by atoms with Gasteiger partial charge in [-0.15, -0.1) is 0 Å². The molecule has 3 aromatic carbocycles. The maximum atomic E-state index is 14.5. The molecule has 4 bridgehead atoms. The minimum Gasteiger partial charge on any atom is -0.480 e. The van der Waals surface area contributed by atoms with Crippen LogP contribution in [-0.2, 0) is 31.2 Å². The number of carboxylic acids is 1. The van der Waals surface area contributed by atoms with Crippen LogP contribution in [-0.4, -0.2) is 100 Å². The van der Waals surface area contributed by atoms with Gasteiger partial charge in [-0.05, 0) is 91.2 Å². The fourth-order valence-corrected chi connectivity index (χ4v) is 10.3. The van der Waals surface area contributed by atoms with Crippen LogP contribution in [0.5, 0.6) is 0 Å². The van der Waals surface area contributed by atoms with E-state index in [0.717, 1.165) is 58.4 Å². The third kappa shape index (κ3) is 6.12. The van der Waals surface area contributed by atoms with Gasteiger partial charge in [0, 0.05) is 30.7 Å². The number of hydrogen-bond donors (Lipinski definition) is 3. The third-order valence-corrected chi connectivity index (χ3v) is 12.5. The zero-order chi connectivity index (χ0) is 37.8. The van der Waals surface area contributed by atoms with Crippen molar-refractivity contribution in [3.05, 3.63) is 83.4 Å². The number of fused-ring (bicyclic) bond motifs is 1. The Morgan fingerprint density at radius 1 is 0.981 bits per heavy atom. The standard InChI is InChI=1S/C41H46N6O7/c1-40(32-11-9-30(10-12-32)35-42-13-14-43-35)37(51)45(38(52)46(40)23-25-7-8-29-5-3-4-6-31(29)18-25)24-34(48)44-22-33(36(49)50)47(39(53)54-2)41-19-26-15-27(20-41)17-28(16-26)21-41/h3-12,18,26-28,33H,13-17,19-24H2,1-2H3,(H,42,43)(H,44,48)(H,49,50)/t26?,27?,28?,33-,40?,41?/m0/s1. The van der Waals surface area contributed by atoms with E-state index < -0.39 is 60.1 Å². The lowest BCUT2D eigenvalue weighted by Crippen LogP contribution is -2.67. The average Bonchev–Trinajstić information content (AvgIpc) is 3.76. The number of amides is 5. The Labute approximate surface area is 313 Å². The van der Waals surface area contributed by atoms with Gasteiger partial charge in [0.1, 0.15) is 17.9 Å². The van der Waals surface area contributed by atoms with Gasteiger partial charge in [-0.1, -0.05) is 60.7 Å². The maximum absolute atomic E-state index is 14.5. The highest BCUT2D eigenvalue weighted by Gasteiger charge is 2.58. The Hall–Kier alpha value is -5.46. The predicted molar refractivity (Wildman–Crippen MR) is 199 cm³/mol. The molecule has 2 aliphatic heterocycles. The molecule has 6 aliphatic rings. The van der Waals surface area contributed by atoms with Crippen LogP contribution in [0.1, 0.15) is 62.1 Å². The van der Waals surface area contributed by atoms with Gasteiger partial charge in [0.25, 0.3) is 5.91 Å². The van der Waals surface area contributed by atoms with E-state index in [1.54, 1.807) is 6.92 Å². The number of aliphatic imine (C=N–C) groups is 1. The monoisotopic (exact) mass is 734 g/mol. The van der Waals surface area contributed by atoms with Gasteiger partial charge in [-0.2, -0.15) is 0 Å². The van der Waals surface area contributed by atoms with Crippen LogP contribution in [0, 0.1) is 17.8 Å². The summed E-state index contributed by atoms with van der Waals surface area (Å²) < 4.78 is 5.16. The predicted octanol–water partition coefficient (Wildman–Crippen LogP) is 4.48. The van der Waals surface area contributed by atoms with Crippen LogP contribution in [0.2, 0.25) is 0 Å². The van der Waals surface area contributed by atoms with Gasteiger partial charge in [0.2, 0.25) is 5.91 Å². The Bertz CT molecular complexity index is 2010. The van der Waals surface area contributed by atoms with Crippen molar-refractivity contribution in [2.45, 2.75) is 69.1 Å². The molecular formula is C41H46N6O7. The highest BCUT2D eigenvalue weighted by atomic mass is 16.5. The first-order valence-electron chi connectivity index (χ1n) is 18.9. The van der Waals surface area contributed by atoms with Gasteiger partial charge in [-0.25, -0.2) is 14.4 Å². The van der Waals surface area contributed by atoms with Crippen LogP contribution in [0.15, 0.2) is 71.7 Å². The lowest BCUT2D eigenvalue weighted by atomic mass is 9.52. The van der Waals surface area contributed by atoms with Gasteiger partial charge in [0.05, 0.1) is 13.7 Å². The van der Waals surface area contributed by atoms with Crippen molar-refractivity contribution < 1.29 is 33.8 Å².